The minimum Gasteiger partial charge on any atom is -0.497 e. The summed E-state index contributed by atoms with van der Waals surface area (Å²) in [6.45, 7) is 3.08. The van der Waals surface area contributed by atoms with E-state index in [0.29, 0.717) is 17.7 Å². The van der Waals surface area contributed by atoms with E-state index in [1.165, 1.54) is 13.2 Å². The van der Waals surface area contributed by atoms with Gasteiger partial charge in [0.1, 0.15) is 12.3 Å². The lowest BCUT2D eigenvalue weighted by Gasteiger charge is -2.21. The number of aryl methyl sites for hydroxylation is 1. The average molecular weight is 301 g/mol. The molecule has 0 heterocycles. The van der Waals surface area contributed by atoms with Crippen LogP contribution in [0.15, 0.2) is 23.1 Å². The molecule has 1 aromatic rings. The number of hydrogen-bond acceptors (Lipinski definition) is 4. The number of hydrogen-bond donors (Lipinski definition) is 1. The zero-order valence-corrected chi connectivity index (χ0v) is 12.6. The minimum atomic E-state index is -3.82. The Morgan fingerprint density at radius 2 is 2.05 bits per heavy atom. The summed E-state index contributed by atoms with van der Waals surface area (Å²) in [6, 6.07) is 4.59. The molecule has 0 aromatic heterocycles. The minimum absolute atomic E-state index is 0.105. The number of methoxy groups -OCH3 is 1. The van der Waals surface area contributed by atoms with Crippen molar-refractivity contribution in [1.29, 1.82) is 0 Å². The molecular weight excluding hydrogens is 282 g/mol. The number of ether oxygens (including phenoxy) is 1. The molecule has 0 atom stereocenters. The highest BCUT2D eigenvalue weighted by atomic mass is 32.2. The van der Waals surface area contributed by atoms with Crippen molar-refractivity contribution in [2.45, 2.75) is 25.2 Å². The van der Waals surface area contributed by atoms with Crippen LogP contribution in [-0.2, 0) is 14.8 Å². The Balaban J connectivity index is 3.22. The van der Waals surface area contributed by atoms with Crippen LogP contribution in [0.2, 0.25) is 0 Å². The van der Waals surface area contributed by atoms with Gasteiger partial charge >= 0.3 is 5.97 Å². The summed E-state index contributed by atoms with van der Waals surface area (Å²) in [5.74, 6) is -0.616. The predicted molar refractivity (Wildman–Crippen MR) is 74.4 cm³/mol. The van der Waals surface area contributed by atoms with Crippen molar-refractivity contribution in [3.8, 4) is 5.75 Å². The Labute approximate surface area is 119 Å². The molecule has 1 aromatic carbocycles. The summed E-state index contributed by atoms with van der Waals surface area (Å²) in [6.07, 6.45) is 0.543. The molecule has 0 saturated heterocycles. The van der Waals surface area contributed by atoms with Gasteiger partial charge in [-0.25, -0.2) is 8.42 Å². The van der Waals surface area contributed by atoms with Crippen LogP contribution in [0.4, 0.5) is 0 Å². The second kappa shape index (κ2) is 6.71. The van der Waals surface area contributed by atoms with E-state index >= 15 is 0 Å². The number of carbonyl (C=O) groups is 1. The van der Waals surface area contributed by atoms with Crippen molar-refractivity contribution in [3.63, 3.8) is 0 Å². The lowest BCUT2D eigenvalue weighted by molar-refractivity contribution is -0.137. The highest BCUT2D eigenvalue weighted by Crippen LogP contribution is 2.24. The number of rotatable bonds is 7. The summed E-state index contributed by atoms with van der Waals surface area (Å²) >= 11 is 0. The third-order valence-corrected chi connectivity index (χ3v) is 4.79. The standard InChI is InChI=1S/C13H19NO5S/c1-4-7-14(9-13(15)16)20(17,18)12-6-5-11(19-3)8-10(12)2/h5-6,8H,4,7,9H2,1-3H3,(H,15,16). The van der Waals surface area contributed by atoms with E-state index in [0.717, 1.165) is 4.31 Å². The Hall–Kier alpha value is -1.60. The second-order valence-electron chi connectivity index (χ2n) is 4.36. The fraction of sp³-hybridized carbons (Fsp3) is 0.462. The quantitative estimate of drug-likeness (QED) is 0.825. The molecule has 0 bridgehead atoms. The molecule has 0 unspecified atom stereocenters. The molecule has 6 nitrogen and oxygen atoms in total. The van der Waals surface area contributed by atoms with Gasteiger partial charge in [0.05, 0.1) is 12.0 Å². The fourth-order valence-corrected chi connectivity index (χ4v) is 3.55. The van der Waals surface area contributed by atoms with Gasteiger partial charge in [-0.3, -0.25) is 4.79 Å². The zero-order valence-electron chi connectivity index (χ0n) is 11.8. The molecule has 0 radical (unpaired) electrons. The number of carboxylic acid groups (broad SMARTS) is 1. The molecular formula is C13H19NO5S. The number of benzene rings is 1. The van der Waals surface area contributed by atoms with Crippen LogP contribution in [-0.4, -0.2) is 44.0 Å². The van der Waals surface area contributed by atoms with Gasteiger partial charge in [-0.1, -0.05) is 6.92 Å². The van der Waals surface area contributed by atoms with Crippen molar-refractivity contribution in [3.05, 3.63) is 23.8 Å². The molecule has 1 rings (SSSR count). The Kier molecular flexibility index (Phi) is 5.52. The number of sulfonamides is 1. The maximum absolute atomic E-state index is 12.5. The fourth-order valence-electron chi connectivity index (χ4n) is 1.86. The van der Waals surface area contributed by atoms with Gasteiger partial charge in [0.2, 0.25) is 10.0 Å². The van der Waals surface area contributed by atoms with Crippen LogP contribution in [0.25, 0.3) is 0 Å². The van der Waals surface area contributed by atoms with Crippen LogP contribution >= 0.6 is 0 Å². The largest absolute Gasteiger partial charge is 0.497 e. The summed E-state index contributed by atoms with van der Waals surface area (Å²) in [4.78, 5) is 10.9. The van der Waals surface area contributed by atoms with Gasteiger partial charge < -0.3 is 9.84 Å². The van der Waals surface area contributed by atoms with E-state index in [1.54, 1.807) is 26.0 Å². The highest BCUT2D eigenvalue weighted by Gasteiger charge is 2.27. The van der Waals surface area contributed by atoms with E-state index in [-0.39, 0.29) is 11.4 Å². The lowest BCUT2D eigenvalue weighted by Crippen LogP contribution is -2.36. The van der Waals surface area contributed by atoms with Crippen molar-refractivity contribution in [2.24, 2.45) is 0 Å². The van der Waals surface area contributed by atoms with Crippen LogP contribution < -0.4 is 4.74 Å². The average Bonchev–Trinajstić information content (AvgIpc) is 2.37. The van der Waals surface area contributed by atoms with Crippen molar-refractivity contribution < 1.29 is 23.1 Å². The Bertz CT molecular complexity index is 582. The van der Waals surface area contributed by atoms with Crippen LogP contribution in [0.1, 0.15) is 18.9 Å². The van der Waals surface area contributed by atoms with E-state index in [1.807, 2.05) is 0 Å². The van der Waals surface area contributed by atoms with E-state index < -0.39 is 22.5 Å². The van der Waals surface area contributed by atoms with Crippen molar-refractivity contribution >= 4 is 16.0 Å². The third-order valence-electron chi connectivity index (χ3n) is 2.78. The smallest absolute Gasteiger partial charge is 0.318 e. The highest BCUT2D eigenvalue weighted by molar-refractivity contribution is 7.89. The zero-order chi connectivity index (χ0) is 15.3. The topological polar surface area (TPSA) is 83.9 Å². The van der Waals surface area contributed by atoms with E-state index in [2.05, 4.69) is 0 Å². The Morgan fingerprint density at radius 3 is 2.50 bits per heavy atom. The first-order valence-corrected chi connectivity index (χ1v) is 7.63. The summed E-state index contributed by atoms with van der Waals surface area (Å²) in [7, 11) is -2.32. The maximum atomic E-state index is 12.5. The Morgan fingerprint density at radius 1 is 1.40 bits per heavy atom. The molecule has 0 amide bonds. The van der Waals surface area contributed by atoms with Gasteiger partial charge in [-0.2, -0.15) is 4.31 Å². The molecule has 0 saturated carbocycles. The SMILES string of the molecule is CCCN(CC(=O)O)S(=O)(=O)c1ccc(OC)cc1C. The first kappa shape index (κ1) is 16.5. The van der Waals surface area contributed by atoms with Gasteiger partial charge in [-0.05, 0) is 37.1 Å². The van der Waals surface area contributed by atoms with Gasteiger partial charge in [0.15, 0.2) is 0 Å². The van der Waals surface area contributed by atoms with Crippen LogP contribution in [0.5, 0.6) is 5.75 Å². The number of aliphatic carboxylic acids is 1. The molecule has 1 N–H and O–H groups in total. The number of carboxylic acids is 1. The monoisotopic (exact) mass is 301 g/mol. The molecule has 0 aliphatic rings. The second-order valence-corrected chi connectivity index (χ2v) is 6.27. The third kappa shape index (κ3) is 3.71. The molecule has 0 spiro atoms. The molecule has 0 aliphatic heterocycles. The lowest BCUT2D eigenvalue weighted by atomic mass is 10.2. The van der Waals surface area contributed by atoms with E-state index in [4.69, 9.17) is 9.84 Å². The number of nitrogens with zero attached hydrogens (tertiary/aromatic N) is 1. The predicted octanol–water partition coefficient (Wildman–Crippen LogP) is 1.49. The molecule has 20 heavy (non-hydrogen) atoms. The van der Waals surface area contributed by atoms with Gasteiger partial charge in [0, 0.05) is 6.54 Å². The van der Waals surface area contributed by atoms with Crippen LogP contribution in [0.3, 0.4) is 0 Å². The molecule has 0 fully saturated rings. The van der Waals surface area contributed by atoms with Crippen molar-refractivity contribution in [2.75, 3.05) is 20.2 Å². The van der Waals surface area contributed by atoms with Gasteiger partial charge in [0.25, 0.3) is 0 Å². The first-order chi connectivity index (χ1) is 9.32. The molecule has 7 heteroatoms. The maximum Gasteiger partial charge on any atom is 0.318 e. The molecule has 0 aliphatic carbocycles. The van der Waals surface area contributed by atoms with Gasteiger partial charge in [-0.15, -0.1) is 0 Å². The summed E-state index contributed by atoms with van der Waals surface area (Å²) in [5.41, 5.74) is 0.524. The van der Waals surface area contributed by atoms with E-state index in [9.17, 15) is 13.2 Å². The molecule has 112 valence electrons. The normalized spacial score (nSPS) is 11.6. The van der Waals surface area contributed by atoms with Crippen LogP contribution in [0, 0.1) is 6.92 Å². The first-order valence-electron chi connectivity index (χ1n) is 6.19. The summed E-state index contributed by atoms with van der Waals surface area (Å²) in [5, 5.41) is 8.85. The van der Waals surface area contributed by atoms with Crippen molar-refractivity contribution in [1.82, 2.24) is 4.31 Å². The summed E-state index contributed by atoms with van der Waals surface area (Å²) < 4.78 is 31.0.